The third kappa shape index (κ3) is 3.81. The molecule has 4 aromatic rings. The van der Waals surface area contributed by atoms with Crippen LogP contribution in [0.25, 0.3) is 10.9 Å². The number of aromatic nitrogens is 2. The molecule has 27 heavy (non-hydrogen) atoms. The van der Waals surface area contributed by atoms with Crippen LogP contribution in [0.4, 0.5) is 5.69 Å². The van der Waals surface area contributed by atoms with Gasteiger partial charge in [-0.1, -0.05) is 41.9 Å². The normalized spacial score (nSPS) is 10.7. The topological polar surface area (TPSA) is 46.1 Å². The van der Waals surface area contributed by atoms with E-state index >= 15 is 0 Å². The molecule has 1 amide bonds. The van der Waals surface area contributed by atoms with E-state index in [4.69, 9.17) is 11.6 Å². The number of benzene rings is 2. The van der Waals surface area contributed by atoms with E-state index in [-0.39, 0.29) is 5.91 Å². The zero-order valence-electron chi connectivity index (χ0n) is 14.4. The maximum absolute atomic E-state index is 13.3. The summed E-state index contributed by atoms with van der Waals surface area (Å²) < 4.78 is 0. The predicted octanol–water partition coefficient (Wildman–Crippen LogP) is 5.13. The lowest BCUT2D eigenvalue weighted by Gasteiger charge is -2.22. The van der Waals surface area contributed by atoms with E-state index in [1.54, 1.807) is 29.3 Å². The maximum atomic E-state index is 13.3. The zero-order chi connectivity index (χ0) is 18.6. The Hall–Kier alpha value is -3.24. The van der Waals surface area contributed by atoms with Crippen LogP contribution < -0.4 is 4.90 Å². The fourth-order valence-electron chi connectivity index (χ4n) is 2.88. The van der Waals surface area contributed by atoms with Crippen molar-refractivity contribution in [3.05, 3.63) is 101 Å². The number of hydrogen-bond acceptors (Lipinski definition) is 3. The Morgan fingerprint density at radius 1 is 0.889 bits per heavy atom. The summed E-state index contributed by atoms with van der Waals surface area (Å²) in [6, 6.07) is 24.2. The van der Waals surface area contributed by atoms with Gasteiger partial charge in [-0.05, 0) is 48.5 Å². The highest BCUT2D eigenvalue weighted by Gasteiger charge is 2.20. The summed E-state index contributed by atoms with van der Waals surface area (Å²) in [7, 11) is 0. The largest absolute Gasteiger partial charge is 0.301 e. The van der Waals surface area contributed by atoms with Crippen LogP contribution in [0.1, 0.15) is 16.2 Å². The first-order valence-electron chi connectivity index (χ1n) is 8.54. The average molecular weight is 374 g/mol. The molecule has 0 aliphatic rings. The number of nitrogens with zero attached hydrogens (tertiary/aromatic N) is 3. The van der Waals surface area contributed by atoms with E-state index in [0.717, 1.165) is 22.3 Å². The highest BCUT2D eigenvalue weighted by Crippen LogP contribution is 2.22. The lowest BCUT2D eigenvalue weighted by molar-refractivity contribution is 0.0980. The van der Waals surface area contributed by atoms with Crippen molar-refractivity contribution < 1.29 is 4.79 Å². The lowest BCUT2D eigenvalue weighted by atomic mass is 10.2. The van der Waals surface area contributed by atoms with Crippen molar-refractivity contribution >= 4 is 34.1 Å². The maximum Gasteiger partial charge on any atom is 0.277 e. The second kappa shape index (κ2) is 7.56. The quantitative estimate of drug-likeness (QED) is 0.498. The molecule has 5 heteroatoms. The fourth-order valence-corrected chi connectivity index (χ4v) is 3.00. The summed E-state index contributed by atoms with van der Waals surface area (Å²) in [5.74, 6) is -0.186. The molecule has 0 saturated carbocycles. The van der Waals surface area contributed by atoms with Gasteiger partial charge < -0.3 is 4.90 Å². The summed E-state index contributed by atoms with van der Waals surface area (Å²) >= 11 is 6.01. The van der Waals surface area contributed by atoms with Gasteiger partial charge in [-0.3, -0.25) is 9.78 Å². The van der Waals surface area contributed by atoms with Crippen molar-refractivity contribution in [2.45, 2.75) is 6.54 Å². The van der Waals surface area contributed by atoms with E-state index in [0.29, 0.717) is 17.3 Å². The number of carbonyl (C=O) groups is 1. The van der Waals surface area contributed by atoms with Crippen molar-refractivity contribution in [2.75, 3.05) is 4.90 Å². The SMILES string of the molecule is O=C(c1ccc2ccccc2n1)N(Cc1ccccn1)c1ccc(Cl)cc1. The molecule has 2 aromatic heterocycles. The summed E-state index contributed by atoms with van der Waals surface area (Å²) in [6.07, 6.45) is 1.72. The molecule has 0 spiro atoms. The van der Waals surface area contributed by atoms with E-state index < -0.39 is 0 Å². The van der Waals surface area contributed by atoms with Crippen LogP contribution in [0, 0.1) is 0 Å². The summed E-state index contributed by atoms with van der Waals surface area (Å²) in [5.41, 5.74) is 2.71. The Balaban J connectivity index is 1.73. The van der Waals surface area contributed by atoms with Crippen LogP contribution in [0.15, 0.2) is 85.1 Å². The number of hydrogen-bond donors (Lipinski definition) is 0. The zero-order valence-corrected chi connectivity index (χ0v) is 15.2. The third-order valence-electron chi connectivity index (χ3n) is 4.25. The van der Waals surface area contributed by atoms with Gasteiger partial charge in [-0.15, -0.1) is 0 Å². The standard InChI is InChI=1S/C22H16ClN3O/c23-17-9-11-19(12-10-17)26(15-18-6-3-4-14-24-18)22(27)21-13-8-16-5-1-2-7-20(16)25-21/h1-14H,15H2. The van der Waals surface area contributed by atoms with Gasteiger partial charge >= 0.3 is 0 Å². The Labute approximate surface area is 162 Å². The molecule has 2 heterocycles. The number of anilines is 1. The molecule has 0 saturated heterocycles. The van der Waals surface area contributed by atoms with Crippen LogP contribution in [0.5, 0.6) is 0 Å². The number of carbonyl (C=O) groups excluding carboxylic acids is 1. The number of amides is 1. The number of fused-ring (bicyclic) bond motifs is 1. The van der Waals surface area contributed by atoms with Gasteiger partial charge in [-0.2, -0.15) is 0 Å². The first-order valence-corrected chi connectivity index (χ1v) is 8.92. The Morgan fingerprint density at radius 3 is 2.44 bits per heavy atom. The van der Waals surface area contributed by atoms with Crippen LogP contribution in [-0.4, -0.2) is 15.9 Å². The second-order valence-electron chi connectivity index (χ2n) is 6.08. The molecule has 0 aliphatic heterocycles. The van der Waals surface area contributed by atoms with Crippen molar-refractivity contribution in [2.24, 2.45) is 0 Å². The van der Waals surface area contributed by atoms with Gasteiger partial charge in [0.05, 0.1) is 17.8 Å². The molecule has 0 fully saturated rings. The molecule has 0 atom stereocenters. The minimum absolute atomic E-state index is 0.186. The first kappa shape index (κ1) is 17.2. The van der Waals surface area contributed by atoms with Gasteiger partial charge in [0.2, 0.25) is 0 Å². The van der Waals surface area contributed by atoms with Crippen LogP contribution >= 0.6 is 11.6 Å². The van der Waals surface area contributed by atoms with Crippen LogP contribution in [0.2, 0.25) is 5.02 Å². The van der Waals surface area contributed by atoms with E-state index in [9.17, 15) is 4.79 Å². The van der Waals surface area contributed by atoms with Crippen LogP contribution in [0.3, 0.4) is 0 Å². The van der Waals surface area contributed by atoms with E-state index in [1.165, 1.54) is 0 Å². The second-order valence-corrected chi connectivity index (χ2v) is 6.51. The molecule has 0 radical (unpaired) electrons. The molecule has 0 bridgehead atoms. The number of rotatable bonds is 4. The van der Waals surface area contributed by atoms with Gasteiger partial charge in [0.15, 0.2) is 0 Å². The minimum Gasteiger partial charge on any atom is -0.301 e. The van der Waals surface area contributed by atoms with E-state index in [1.807, 2.05) is 60.7 Å². The predicted molar refractivity (Wildman–Crippen MR) is 108 cm³/mol. The molecule has 0 N–H and O–H groups in total. The number of pyridine rings is 2. The van der Waals surface area contributed by atoms with Gasteiger partial charge in [0, 0.05) is 22.3 Å². The first-order chi connectivity index (χ1) is 13.2. The minimum atomic E-state index is -0.186. The molecule has 4 rings (SSSR count). The summed E-state index contributed by atoms with van der Waals surface area (Å²) in [6.45, 7) is 0.343. The Kier molecular flexibility index (Phi) is 4.81. The smallest absolute Gasteiger partial charge is 0.277 e. The van der Waals surface area contributed by atoms with Crippen LogP contribution in [-0.2, 0) is 6.54 Å². The lowest BCUT2D eigenvalue weighted by Crippen LogP contribution is -2.31. The average Bonchev–Trinajstić information content (AvgIpc) is 2.73. The Morgan fingerprint density at radius 2 is 1.67 bits per heavy atom. The highest BCUT2D eigenvalue weighted by atomic mass is 35.5. The Bertz CT molecular complexity index is 1080. The summed E-state index contributed by atoms with van der Waals surface area (Å²) in [4.78, 5) is 23.8. The molecule has 0 aliphatic carbocycles. The van der Waals surface area contributed by atoms with Gasteiger partial charge in [-0.25, -0.2) is 4.98 Å². The highest BCUT2D eigenvalue weighted by molar-refractivity contribution is 6.30. The van der Waals surface area contributed by atoms with E-state index in [2.05, 4.69) is 9.97 Å². The molecule has 132 valence electrons. The molecular formula is C22H16ClN3O. The van der Waals surface area contributed by atoms with Crippen molar-refractivity contribution in [1.29, 1.82) is 0 Å². The van der Waals surface area contributed by atoms with Crippen molar-refractivity contribution in [3.8, 4) is 0 Å². The van der Waals surface area contributed by atoms with Crippen molar-refractivity contribution in [1.82, 2.24) is 9.97 Å². The monoisotopic (exact) mass is 373 g/mol. The molecular weight excluding hydrogens is 358 g/mol. The van der Waals surface area contributed by atoms with Gasteiger partial charge in [0.25, 0.3) is 5.91 Å². The molecule has 2 aromatic carbocycles. The molecule has 4 nitrogen and oxygen atoms in total. The van der Waals surface area contributed by atoms with Crippen molar-refractivity contribution in [3.63, 3.8) is 0 Å². The number of halogens is 1. The van der Waals surface area contributed by atoms with Gasteiger partial charge in [0.1, 0.15) is 5.69 Å². The third-order valence-corrected chi connectivity index (χ3v) is 4.50. The fraction of sp³-hybridized carbons (Fsp3) is 0.0455. The summed E-state index contributed by atoms with van der Waals surface area (Å²) in [5, 5.41) is 1.62. The molecule has 0 unspecified atom stereocenters. The number of para-hydroxylation sites is 1.